The van der Waals surface area contributed by atoms with Crippen molar-refractivity contribution in [1.82, 2.24) is 39.0 Å². The summed E-state index contributed by atoms with van der Waals surface area (Å²) >= 11 is 0. The molecule has 0 spiro atoms. The number of amides is 2. The van der Waals surface area contributed by atoms with Gasteiger partial charge in [0, 0.05) is 24.0 Å². The number of aromatic amines is 1. The molecule has 1 aliphatic heterocycles. The molecule has 3 radical (unpaired) electrons. The van der Waals surface area contributed by atoms with E-state index in [9.17, 15) is 24.6 Å². The maximum atomic E-state index is 16.6. The second kappa shape index (κ2) is 17.5. The number of H-pyrrole nitrogens is 1. The Morgan fingerprint density at radius 3 is 2.56 bits per heavy atom. The third-order valence-electron chi connectivity index (χ3n) is 9.84. The highest BCUT2D eigenvalue weighted by atomic mass is 31.2. The topological polar surface area (TPSA) is 247 Å². The lowest BCUT2D eigenvalue weighted by atomic mass is 10.1. The molecule has 1 aliphatic carbocycles. The minimum Gasteiger partial charge on any atom is -0.396 e. The lowest BCUT2D eigenvalue weighted by Crippen LogP contribution is -2.34. The Labute approximate surface area is 335 Å². The Morgan fingerprint density at radius 1 is 1.08 bits per heavy atom. The summed E-state index contributed by atoms with van der Waals surface area (Å²) in [4.78, 5) is 64.5. The van der Waals surface area contributed by atoms with E-state index in [0.29, 0.717) is 5.56 Å². The number of benzene rings is 1. The van der Waals surface area contributed by atoms with Crippen molar-refractivity contribution in [1.29, 1.82) is 0 Å². The predicted molar refractivity (Wildman–Crippen MR) is 206 cm³/mol. The van der Waals surface area contributed by atoms with E-state index in [-0.39, 0.29) is 53.7 Å². The lowest BCUT2D eigenvalue weighted by Gasteiger charge is -2.35. The molecule has 20 nitrogen and oxygen atoms in total. The summed E-state index contributed by atoms with van der Waals surface area (Å²) in [5.74, 6) is -2.34. The van der Waals surface area contributed by atoms with Crippen molar-refractivity contribution in [2.75, 3.05) is 37.0 Å². The molecule has 309 valence electrons. The number of nitrogens with one attached hydrogen (secondary N) is 3. The monoisotopic (exact) mass is 836 g/mol. The number of hydrogen-bond donors (Lipinski definition) is 5. The molecule has 1 saturated carbocycles. The number of halogens is 2. The molecule has 9 atom stereocenters. The predicted octanol–water partition coefficient (Wildman–Crippen LogP) is 2.48. The van der Waals surface area contributed by atoms with Crippen molar-refractivity contribution in [3.05, 3.63) is 76.6 Å². The summed E-state index contributed by atoms with van der Waals surface area (Å²) in [6.45, 7) is 8.77. The molecule has 5 aromatic rings. The number of fused-ring (bicyclic) bond motifs is 2. The largest absolute Gasteiger partial charge is 0.396 e. The number of carbonyl (C=O) groups is 2. The van der Waals surface area contributed by atoms with Crippen LogP contribution >= 0.6 is 7.82 Å². The van der Waals surface area contributed by atoms with Crippen molar-refractivity contribution in [3.63, 3.8) is 0 Å². The van der Waals surface area contributed by atoms with E-state index >= 15 is 8.78 Å². The van der Waals surface area contributed by atoms with Crippen molar-refractivity contribution >= 4 is 61.3 Å². The van der Waals surface area contributed by atoms with E-state index < -0.39 is 93.2 Å². The molecule has 2 aliphatic rings. The standard InChI is InChI=1S/C35H37BF2N11O9P/c1-17(2)31(52)46-35-45-30-25(33(54)47-35)43-15-48(30)20-11-19(12-50)27(22(20)37)58-59(36,55-10-9-39-3)56-13-21-26(51)23(38)34(57-21)49-16-42-24-28(40-14-41-29(24)49)44-32(53)18-7-5-4-6-8-18/h4-8,14-17,19-23,26-27,34,50-51H,9-13H2,1-2H3,(H2-,40,41,44,45,46,47,52,53,54)/q-1/p+1/t19-,20-,21-,22+,23-,26-,27-,34-,59?/m1/s1. The van der Waals surface area contributed by atoms with Gasteiger partial charge in [-0.3, -0.25) is 29.3 Å². The summed E-state index contributed by atoms with van der Waals surface area (Å²) in [6.07, 6.45) is -6.59. The molecule has 0 bridgehead atoms. The Balaban J connectivity index is 1.07. The summed E-state index contributed by atoms with van der Waals surface area (Å²) < 4.78 is 58.3. The van der Waals surface area contributed by atoms with Gasteiger partial charge in [-0.2, -0.15) is 12.5 Å². The quantitative estimate of drug-likeness (QED) is 0.0440. The fourth-order valence-electron chi connectivity index (χ4n) is 6.75. The number of aliphatic hydroxyl groups excluding tert-OH is 2. The molecule has 7 rings (SSSR count). The number of aliphatic hydroxyl groups is 2. The normalized spacial score (nSPS) is 25.3. The van der Waals surface area contributed by atoms with Gasteiger partial charge in [-0.25, -0.2) is 48.9 Å². The van der Waals surface area contributed by atoms with Crippen LogP contribution in [0.5, 0.6) is 0 Å². The molecule has 1 saturated heterocycles. The molecular weight excluding hydrogens is 798 g/mol. The van der Waals surface area contributed by atoms with E-state index in [2.05, 4.69) is 45.4 Å². The molecule has 5 heterocycles. The Morgan fingerprint density at radius 2 is 1.83 bits per heavy atom. The first-order chi connectivity index (χ1) is 28.3. The van der Waals surface area contributed by atoms with Crippen LogP contribution < -0.4 is 16.2 Å². The van der Waals surface area contributed by atoms with Gasteiger partial charge in [-0.1, -0.05) is 32.0 Å². The number of hydrogen-bond acceptors (Lipinski definition) is 14. The van der Waals surface area contributed by atoms with Gasteiger partial charge in [-0.15, -0.1) is 0 Å². The summed E-state index contributed by atoms with van der Waals surface area (Å²) in [7, 11) is 2.38. The Bertz CT molecular complexity index is 2420. The number of rotatable bonds is 15. The third-order valence-corrected chi connectivity index (χ3v) is 11.4. The summed E-state index contributed by atoms with van der Waals surface area (Å²) in [6, 6.07) is 7.27. The van der Waals surface area contributed by atoms with Gasteiger partial charge >= 0.3 is 0 Å². The maximum absolute atomic E-state index is 16.6. The highest BCUT2D eigenvalue weighted by molar-refractivity contribution is 7.85. The number of imidazole rings is 2. The first kappa shape index (κ1) is 41.8. The lowest BCUT2D eigenvalue weighted by molar-refractivity contribution is -0.118. The van der Waals surface area contributed by atoms with Crippen LogP contribution in [0.15, 0.2) is 54.1 Å². The molecule has 1 unspecified atom stereocenters. The summed E-state index contributed by atoms with van der Waals surface area (Å²) in [5.41, 5.74) is -0.277. The van der Waals surface area contributed by atoms with Crippen molar-refractivity contribution < 1.29 is 46.9 Å². The zero-order chi connectivity index (χ0) is 42.0. The highest BCUT2D eigenvalue weighted by Crippen LogP contribution is 2.61. The number of carbonyl (C=O) groups excluding carboxylic acids is 2. The van der Waals surface area contributed by atoms with Crippen LogP contribution in [0.25, 0.3) is 27.2 Å². The van der Waals surface area contributed by atoms with Crippen molar-refractivity contribution in [3.8, 4) is 0 Å². The van der Waals surface area contributed by atoms with E-state index in [1.807, 2.05) is 0 Å². The fourth-order valence-corrected chi connectivity index (χ4v) is 8.27. The van der Waals surface area contributed by atoms with Gasteiger partial charge in [0.1, 0.15) is 39.1 Å². The number of ether oxygens (including phenoxy) is 1. The minimum atomic E-state index is -4.12. The van der Waals surface area contributed by atoms with Crippen LogP contribution in [0.1, 0.15) is 42.9 Å². The first-order valence-corrected chi connectivity index (χ1v) is 20.0. The molecular formula is C35H38BF2N11O9P. The van der Waals surface area contributed by atoms with E-state index in [1.54, 1.807) is 44.2 Å². The molecule has 4 aromatic heterocycles. The number of alkyl halides is 2. The average molecular weight is 837 g/mol. The van der Waals surface area contributed by atoms with Gasteiger partial charge < -0.3 is 29.7 Å². The minimum absolute atomic E-state index is 0.0378. The number of anilines is 2. The van der Waals surface area contributed by atoms with Crippen LogP contribution in [0, 0.1) is 18.4 Å². The summed E-state index contributed by atoms with van der Waals surface area (Å²) in [5, 5.41) is 26.4. The Hall–Kier alpha value is -5.34. The second-order valence-corrected chi connectivity index (χ2v) is 15.9. The maximum Gasteiger partial charge on any atom is 0.280 e. The van der Waals surface area contributed by atoms with Gasteiger partial charge in [-0.05, 0) is 18.6 Å². The first-order valence-electron chi connectivity index (χ1n) is 18.3. The van der Waals surface area contributed by atoms with Crippen LogP contribution in [0.2, 0.25) is 0 Å². The van der Waals surface area contributed by atoms with Gasteiger partial charge in [0.05, 0.1) is 18.7 Å². The highest BCUT2D eigenvalue weighted by Gasteiger charge is 2.51. The Kier molecular flexibility index (Phi) is 12.4. The van der Waals surface area contributed by atoms with Crippen molar-refractivity contribution in [2.24, 2.45) is 11.8 Å². The van der Waals surface area contributed by atoms with Gasteiger partial charge in [0.2, 0.25) is 18.4 Å². The van der Waals surface area contributed by atoms with E-state index in [1.165, 1.54) is 21.8 Å². The second-order valence-electron chi connectivity index (χ2n) is 14.1. The number of nitrogens with zero attached hydrogens (tertiary/aromatic N) is 8. The third kappa shape index (κ3) is 8.56. The molecule has 2 fully saturated rings. The molecule has 59 heavy (non-hydrogen) atoms. The van der Waals surface area contributed by atoms with Crippen LogP contribution in [-0.2, 0) is 23.1 Å². The smallest absolute Gasteiger partial charge is 0.280 e. The average Bonchev–Trinajstić information content (AvgIpc) is 3.99. The molecule has 2 amide bonds. The molecule has 5 N–H and O–H groups in total. The zero-order valence-corrected chi connectivity index (χ0v) is 32.4. The van der Waals surface area contributed by atoms with E-state index in [4.69, 9.17) is 32.4 Å². The zero-order valence-electron chi connectivity index (χ0n) is 31.5. The van der Waals surface area contributed by atoms with E-state index in [0.717, 1.165) is 6.33 Å². The van der Waals surface area contributed by atoms with Gasteiger partial charge in [0.15, 0.2) is 53.3 Å². The SMILES string of the molecule is [B-][P+](OCC[N+]#[C-])(OC[C@H]1O[C@@H](n2cnc3c(NC(=O)c4ccccc4)ncnc32)[C@H](F)[C@@H]1O)O[C@@H]1[C@@H](CO)C[C@@H](n2cnc3c(=O)[nH]c(NC(=O)C(C)C)nc32)[C@@H]1F. The molecule has 1 aromatic carbocycles. The van der Waals surface area contributed by atoms with Gasteiger partial charge in [0.25, 0.3) is 11.5 Å². The van der Waals surface area contributed by atoms with Crippen LogP contribution in [0.3, 0.4) is 0 Å². The van der Waals surface area contributed by atoms with Crippen molar-refractivity contribution in [2.45, 2.75) is 63.2 Å². The number of aromatic nitrogens is 8. The van der Waals surface area contributed by atoms with Crippen LogP contribution in [-0.4, -0.2) is 126 Å². The fraction of sp³-hybridized carbons (Fsp3) is 0.457. The van der Waals surface area contributed by atoms with Crippen LogP contribution in [0.4, 0.5) is 20.5 Å². The molecule has 24 heteroatoms.